The van der Waals surface area contributed by atoms with Crippen molar-refractivity contribution in [1.82, 2.24) is 0 Å². The quantitative estimate of drug-likeness (QED) is 0.555. The molecule has 0 aromatic carbocycles. The second-order valence-corrected chi connectivity index (χ2v) is 3.35. The summed E-state index contributed by atoms with van der Waals surface area (Å²) in [4.78, 5) is 10.4. The molecule has 12 heavy (non-hydrogen) atoms. The molecule has 0 spiro atoms. The molecule has 1 fully saturated rings. The van der Waals surface area contributed by atoms with Crippen molar-refractivity contribution in [3.8, 4) is 0 Å². The van der Waals surface area contributed by atoms with Gasteiger partial charge < -0.3 is 15.3 Å². The number of aliphatic hydroxyl groups excluding tert-OH is 2. The van der Waals surface area contributed by atoms with E-state index in [1.54, 1.807) is 0 Å². The molecule has 4 heteroatoms. The first-order valence-corrected chi connectivity index (χ1v) is 4.16. The van der Waals surface area contributed by atoms with E-state index >= 15 is 0 Å². The first-order valence-electron chi connectivity index (χ1n) is 4.16. The van der Waals surface area contributed by atoms with E-state index < -0.39 is 12.1 Å². The molecule has 3 atom stereocenters. The van der Waals surface area contributed by atoms with Crippen LogP contribution in [0.3, 0.4) is 0 Å². The van der Waals surface area contributed by atoms with E-state index in [4.69, 9.17) is 10.2 Å². The molecule has 1 aliphatic rings. The van der Waals surface area contributed by atoms with Crippen LogP contribution in [-0.2, 0) is 4.79 Å². The summed E-state index contributed by atoms with van der Waals surface area (Å²) in [5.74, 6) is -1.14. The van der Waals surface area contributed by atoms with E-state index in [9.17, 15) is 9.90 Å². The lowest BCUT2D eigenvalue weighted by atomic mass is 9.93. The second-order valence-electron chi connectivity index (χ2n) is 3.35. The van der Waals surface area contributed by atoms with E-state index in [1.807, 2.05) is 0 Å². The lowest BCUT2D eigenvalue weighted by Gasteiger charge is -2.17. The fourth-order valence-electron chi connectivity index (χ4n) is 1.88. The molecule has 0 bridgehead atoms. The van der Waals surface area contributed by atoms with Crippen molar-refractivity contribution < 1.29 is 20.1 Å². The molecule has 0 saturated heterocycles. The monoisotopic (exact) mass is 174 g/mol. The number of aliphatic carboxylic acids is 1. The van der Waals surface area contributed by atoms with Crippen LogP contribution in [0.2, 0.25) is 0 Å². The van der Waals surface area contributed by atoms with Crippen LogP contribution < -0.4 is 0 Å². The van der Waals surface area contributed by atoms with Crippen LogP contribution in [0.4, 0.5) is 0 Å². The predicted octanol–water partition coefficient (Wildman–Crippen LogP) is -0.160. The standard InChI is InChI=1S/C8H14O4/c9-4-6-5(3-8(11)12)1-2-7(6)10/h5-7,9-10H,1-4H2,(H,11,12)/t5?,6-,7-/m0/s1. The number of aliphatic hydroxyl groups is 2. The number of hydrogen-bond acceptors (Lipinski definition) is 3. The molecule has 1 unspecified atom stereocenters. The Morgan fingerprint density at radius 1 is 1.42 bits per heavy atom. The van der Waals surface area contributed by atoms with Gasteiger partial charge in [-0.1, -0.05) is 0 Å². The minimum atomic E-state index is -0.854. The highest BCUT2D eigenvalue weighted by Crippen LogP contribution is 2.33. The maximum atomic E-state index is 10.4. The van der Waals surface area contributed by atoms with Crippen molar-refractivity contribution in [2.75, 3.05) is 6.61 Å². The van der Waals surface area contributed by atoms with Crippen molar-refractivity contribution in [2.45, 2.75) is 25.4 Å². The van der Waals surface area contributed by atoms with Gasteiger partial charge in [-0.3, -0.25) is 4.79 Å². The van der Waals surface area contributed by atoms with Gasteiger partial charge in [-0.2, -0.15) is 0 Å². The zero-order valence-electron chi connectivity index (χ0n) is 6.81. The van der Waals surface area contributed by atoms with Crippen molar-refractivity contribution in [3.05, 3.63) is 0 Å². The van der Waals surface area contributed by atoms with Crippen LogP contribution in [0.15, 0.2) is 0 Å². The maximum Gasteiger partial charge on any atom is 0.303 e. The third-order valence-corrected chi connectivity index (χ3v) is 2.58. The molecule has 0 amide bonds. The number of carbonyl (C=O) groups is 1. The van der Waals surface area contributed by atoms with Crippen LogP contribution in [0, 0.1) is 11.8 Å². The van der Waals surface area contributed by atoms with Gasteiger partial charge in [0, 0.05) is 18.9 Å². The Hall–Kier alpha value is -0.610. The van der Waals surface area contributed by atoms with Crippen LogP contribution in [0.1, 0.15) is 19.3 Å². The zero-order chi connectivity index (χ0) is 9.14. The molecular formula is C8H14O4. The first kappa shape index (κ1) is 9.48. The molecule has 1 aliphatic carbocycles. The molecule has 70 valence electrons. The van der Waals surface area contributed by atoms with Crippen LogP contribution >= 0.6 is 0 Å². The Kier molecular flexibility index (Phi) is 3.05. The summed E-state index contributed by atoms with van der Waals surface area (Å²) in [6, 6.07) is 0. The summed E-state index contributed by atoms with van der Waals surface area (Å²) in [7, 11) is 0. The second kappa shape index (κ2) is 3.87. The van der Waals surface area contributed by atoms with Gasteiger partial charge in [0.25, 0.3) is 0 Å². The van der Waals surface area contributed by atoms with Crippen molar-refractivity contribution in [3.63, 3.8) is 0 Å². The minimum Gasteiger partial charge on any atom is -0.481 e. The van der Waals surface area contributed by atoms with E-state index in [0.717, 1.165) is 0 Å². The van der Waals surface area contributed by atoms with Gasteiger partial charge in [0.1, 0.15) is 0 Å². The Morgan fingerprint density at radius 3 is 2.58 bits per heavy atom. The smallest absolute Gasteiger partial charge is 0.303 e. The normalized spacial score (nSPS) is 35.3. The highest BCUT2D eigenvalue weighted by Gasteiger charge is 2.35. The van der Waals surface area contributed by atoms with Gasteiger partial charge in [0.15, 0.2) is 0 Å². The molecule has 0 aliphatic heterocycles. The van der Waals surface area contributed by atoms with Crippen molar-refractivity contribution >= 4 is 5.97 Å². The fourth-order valence-corrected chi connectivity index (χ4v) is 1.88. The summed E-state index contributed by atoms with van der Waals surface area (Å²) in [5, 5.41) is 26.7. The summed E-state index contributed by atoms with van der Waals surface area (Å²) in [5.41, 5.74) is 0. The lowest BCUT2D eigenvalue weighted by molar-refractivity contribution is -0.138. The van der Waals surface area contributed by atoms with Crippen LogP contribution in [0.5, 0.6) is 0 Å². The van der Waals surface area contributed by atoms with Gasteiger partial charge in [-0.15, -0.1) is 0 Å². The number of carboxylic acid groups (broad SMARTS) is 1. The predicted molar refractivity (Wildman–Crippen MR) is 41.6 cm³/mol. The average Bonchev–Trinajstić information content (AvgIpc) is 2.30. The van der Waals surface area contributed by atoms with E-state index in [-0.39, 0.29) is 24.9 Å². The summed E-state index contributed by atoms with van der Waals surface area (Å²) in [6.07, 6.45) is 0.865. The largest absolute Gasteiger partial charge is 0.481 e. The van der Waals surface area contributed by atoms with Gasteiger partial charge >= 0.3 is 5.97 Å². The molecule has 0 radical (unpaired) electrons. The topological polar surface area (TPSA) is 77.8 Å². The van der Waals surface area contributed by atoms with Crippen LogP contribution in [0.25, 0.3) is 0 Å². The number of hydrogen-bond donors (Lipinski definition) is 3. The first-order chi connectivity index (χ1) is 5.65. The molecule has 0 aromatic heterocycles. The Labute approximate surface area is 70.8 Å². The highest BCUT2D eigenvalue weighted by molar-refractivity contribution is 5.67. The zero-order valence-corrected chi connectivity index (χ0v) is 6.81. The number of rotatable bonds is 3. The molecule has 4 nitrogen and oxygen atoms in total. The maximum absolute atomic E-state index is 10.4. The molecule has 0 aromatic rings. The van der Waals surface area contributed by atoms with Gasteiger partial charge in [-0.05, 0) is 18.8 Å². The van der Waals surface area contributed by atoms with Crippen molar-refractivity contribution in [2.24, 2.45) is 11.8 Å². The van der Waals surface area contributed by atoms with E-state index in [2.05, 4.69) is 0 Å². The SMILES string of the molecule is O=C(O)CC1CC[C@H](O)[C@H]1CO. The number of carboxylic acids is 1. The third kappa shape index (κ3) is 1.95. The molecule has 1 saturated carbocycles. The summed E-state index contributed by atoms with van der Waals surface area (Å²) >= 11 is 0. The van der Waals surface area contributed by atoms with Crippen molar-refractivity contribution in [1.29, 1.82) is 0 Å². The molecule has 3 N–H and O–H groups in total. The lowest BCUT2D eigenvalue weighted by Crippen LogP contribution is -2.24. The minimum absolute atomic E-state index is 0.0532. The summed E-state index contributed by atoms with van der Waals surface area (Å²) in [6.45, 7) is -0.112. The summed E-state index contributed by atoms with van der Waals surface area (Å²) < 4.78 is 0. The Morgan fingerprint density at radius 2 is 2.08 bits per heavy atom. The molecule has 0 heterocycles. The Balaban J connectivity index is 2.48. The highest BCUT2D eigenvalue weighted by atomic mass is 16.4. The molecule has 1 rings (SSSR count). The van der Waals surface area contributed by atoms with E-state index in [1.165, 1.54) is 0 Å². The Bertz CT molecular complexity index is 168. The van der Waals surface area contributed by atoms with Gasteiger partial charge in [-0.25, -0.2) is 0 Å². The molecular weight excluding hydrogens is 160 g/mol. The van der Waals surface area contributed by atoms with Gasteiger partial charge in [0.05, 0.1) is 6.10 Å². The third-order valence-electron chi connectivity index (χ3n) is 2.58. The van der Waals surface area contributed by atoms with E-state index in [0.29, 0.717) is 12.8 Å². The van der Waals surface area contributed by atoms with Crippen LogP contribution in [-0.4, -0.2) is 34.0 Å². The fraction of sp³-hybridized carbons (Fsp3) is 0.875. The van der Waals surface area contributed by atoms with Gasteiger partial charge in [0.2, 0.25) is 0 Å². The average molecular weight is 174 g/mol.